The molecule has 4 aliphatic rings. The normalized spacial score (nSPS) is 25.3. The summed E-state index contributed by atoms with van der Waals surface area (Å²) in [7, 11) is 1.59. The van der Waals surface area contributed by atoms with Gasteiger partial charge in [-0.15, -0.1) is 6.58 Å². The van der Waals surface area contributed by atoms with Crippen molar-refractivity contribution in [3.63, 3.8) is 0 Å². The van der Waals surface area contributed by atoms with Gasteiger partial charge in [0.2, 0.25) is 11.8 Å². The van der Waals surface area contributed by atoms with E-state index in [9.17, 15) is 24.6 Å². The summed E-state index contributed by atoms with van der Waals surface area (Å²) in [5.74, 6) is 0.884. The average Bonchev–Trinajstić information content (AvgIpc) is 4.02. The van der Waals surface area contributed by atoms with Crippen molar-refractivity contribution in [2.24, 2.45) is 17.3 Å². The molecule has 4 N–H and O–H groups in total. The van der Waals surface area contributed by atoms with Gasteiger partial charge in [0.05, 0.1) is 30.7 Å². The molecule has 3 saturated carbocycles. The molecule has 6 atom stereocenters. The minimum atomic E-state index is -1.57. The van der Waals surface area contributed by atoms with Crippen LogP contribution in [0.2, 0.25) is 0 Å². The summed E-state index contributed by atoms with van der Waals surface area (Å²) in [6, 6.07) is 3.48. The predicted molar refractivity (Wildman–Crippen MR) is 196 cm³/mol. The molecule has 0 spiro atoms. The molecule has 52 heavy (non-hydrogen) atoms. The summed E-state index contributed by atoms with van der Waals surface area (Å²) < 4.78 is 15.0. The van der Waals surface area contributed by atoms with Crippen LogP contribution in [0.25, 0.3) is 11.0 Å². The van der Waals surface area contributed by atoms with Crippen LogP contribution in [0.4, 0.5) is 4.79 Å². The number of aryl methyl sites for hydroxylation is 1. The van der Waals surface area contributed by atoms with Crippen molar-refractivity contribution in [3.05, 3.63) is 36.5 Å². The molecule has 1 aliphatic heterocycles. The standard InChI is InChI=1S/C38H54N6O7S/c1-6-23-20-38(23,35(47)43-52-26-15-16-26)42-32(45)30-19-25(21-44(30)34(46)31(37(2,3)4)41-36(48)49)51-33-28(11-9-7-8-10-22-12-13-22)39-27-17-14-24(50-5)18-29(27)40-33/h6,14,17-18,22-23,25-26,30-32,41-42,45H,1,7-13,15-16,19-21H2,2-5H3,(H,43,47)(H,48,49)/p-1/t23?,25-,30?,31?,32+,38?/m1/s1. The number of nitrogens with zero attached hydrogens (tertiary/aromatic N) is 3. The van der Waals surface area contributed by atoms with Gasteiger partial charge in [-0.3, -0.25) is 19.6 Å². The van der Waals surface area contributed by atoms with Crippen LogP contribution in [0.5, 0.6) is 11.6 Å². The minimum Gasteiger partial charge on any atom is -0.530 e. The maximum absolute atomic E-state index is 14.3. The summed E-state index contributed by atoms with van der Waals surface area (Å²) in [5.41, 5.74) is 0.126. The number of aromatic nitrogens is 2. The SMILES string of the molecule is C=CC1CC1(N[C@@H](O)C1C[C@@H](Oc2nc3cc(OC)ccc3nc2CCCCCC2CC2)CN1C(=O)C(NC(=O)[O-])C(C)(C)C)C(=O)NSC1CC1. The first-order valence-corrected chi connectivity index (χ1v) is 19.5. The van der Waals surface area contributed by atoms with Crippen LogP contribution < -0.4 is 29.9 Å². The molecule has 3 aliphatic carbocycles. The van der Waals surface area contributed by atoms with Crippen molar-refractivity contribution in [1.82, 2.24) is 30.2 Å². The van der Waals surface area contributed by atoms with E-state index in [1.54, 1.807) is 40.0 Å². The number of aliphatic hydroxyl groups is 1. The third-order valence-electron chi connectivity index (χ3n) is 10.7. The van der Waals surface area contributed by atoms with Crippen LogP contribution in [0.1, 0.15) is 90.7 Å². The number of likely N-dealkylation sites (tertiary alicyclic amines) is 1. The number of hydrogen-bond donors (Lipinski definition) is 4. The fourth-order valence-corrected chi connectivity index (χ4v) is 7.97. The van der Waals surface area contributed by atoms with Crippen LogP contribution >= 0.6 is 11.9 Å². The number of methoxy groups -OCH3 is 1. The molecule has 2 aromatic rings. The summed E-state index contributed by atoms with van der Waals surface area (Å²) in [6.07, 6.45) is 8.66. The first kappa shape index (κ1) is 38.1. The van der Waals surface area contributed by atoms with Crippen molar-refractivity contribution in [1.29, 1.82) is 0 Å². The van der Waals surface area contributed by atoms with Crippen LogP contribution in [0, 0.1) is 17.3 Å². The van der Waals surface area contributed by atoms with Crippen LogP contribution in [-0.4, -0.2) is 86.7 Å². The molecule has 4 unspecified atom stereocenters. The monoisotopic (exact) mass is 737 g/mol. The first-order valence-electron chi connectivity index (χ1n) is 18.6. The molecule has 1 aromatic heterocycles. The zero-order valence-electron chi connectivity index (χ0n) is 30.7. The van der Waals surface area contributed by atoms with Crippen LogP contribution in [-0.2, 0) is 16.0 Å². The Morgan fingerprint density at radius 3 is 2.56 bits per heavy atom. The van der Waals surface area contributed by atoms with Crippen LogP contribution in [0.3, 0.4) is 0 Å². The summed E-state index contributed by atoms with van der Waals surface area (Å²) >= 11 is 1.39. The first-order chi connectivity index (χ1) is 24.8. The van der Waals surface area contributed by atoms with Gasteiger partial charge in [-0.2, -0.15) is 0 Å². The zero-order valence-corrected chi connectivity index (χ0v) is 31.5. The Labute approximate surface area is 310 Å². The van der Waals surface area contributed by atoms with Gasteiger partial charge in [-0.25, -0.2) is 9.97 Å². The van der Waals surface area contributed by atoms with Gasteiger partial charge in [0.15, 0.2) is 0 Å². The Balaban J connectivity index is 1.26. The van der Waals surface area contributed by atoms with Crippen molar-refractivity contribution in [2.45, 2.75) is 127 Å². The molecule has 1 saturated heterocycles. The van der Waals surface area contributed by atoms with E-state index >= 15 is 0 Å². The maximum atomic E-state index is 14.3. The number of nitrogens with one attached hydrogen (secondary N) is 3. The Morgan fingerprint density at radius 1 is 1.15 bits per heavy atom. The van der Waals surface area contributed by atoms with Crippen molar-refractivity contribution in [2.75, 3.05) is 13.7 Å². The molecule has 14 heteroatoms. The Morgan fingerprint density at radius 2 is 1.92 bits per heavy atom. The topological polar surface area (TPSA) is 178 Å². The number of fused-ring (bicyclic) bond motifs is 1. The molecular formula is C38H53N6O7S-. The van der Waals surface area contributed by atoms with E-state index in [2.05, 4.69) is 21.9 Å². The molecule has 3 amide bonds. The van der Waals surface area contributed by atoms with E-state index in [1.807, 2.05) is 12.1 Å². The Kier molecular flexibility index (Phi) is 11.6. The molecule has 4 fully saturated rings. The molecule has 6 rings (SSSR count). The molecule has 2 heterocycles. The average molecular weight is 738 g/mol. The highest BCUT2D eigenvalue weighted by Crippen LogP contribution is 2.46. The summed E-state index contributed by atoms with van der Waals surface area (Å²) in [5, 5.41) is 29.4. The largest absolute Gasteiger partial charge is 0.530 e. The van der Waals surface area contributed by atoms with Gasteiger partial charge in [0, 0.05) is 23.7 Å². The fraction of sp³-hybridized carbons (Fsp3) is 0.658. The van der Waals surface area contributed by atoms with E-state index < -0.39 is 47.4 Å². The number of amides is 3. The lowest BCUT2D eigenvalue weighted by Crippen LogP contribution is -2.62. The number of carboxylic acid groups (broad SMARTS) is 1. The molecule has 0 bridgehead atoms. The second kappa shape index (κ2) is 15.8. The van der Waals surface area contributed by atoms with Crippen molar-refractivity contribution in [3.8, 4) is 11.6 Å². The number of carbonyl (C=O) groups is 3. The van der Waals surface area contributed by atoms with Crippen molar-refractivity contribution < 1.29 is 34.1 Å². The smallest absolute Gasteiger partial charge is 0.250 e. The molecule has 284 valence electrons. The highest BCUT2D eigenvalue weighted by molar-refractivity contribution is 7.98. The number of hydrogen-bond acceptors (Lipinski definition) is 11. The second-order valence-electron chi connectivity index (χ2n) is 16.0. The van der Waals surface area contributed by atoms with E-state index in [0.717, 1.165) is 31.6 Å². The third-order valence-corrected chi connectivity index (χ3v) is 11.8. The highest BCUT2D eigenvalue weighted by atomic mass is 32.2. The van der Waals surface area contributed by atoms with E-state index in [-0.39, 0.29) is 24.8 Å². The molecule has 1 aromatic carbocycles. The van der Waals surface area contributed by atoms with Gasteiger partial charge < -0.3 is 34.7 Å². The molecular weight excluding hydrogens is 685 g/mol. The van der Waals surface area contributed by atoms with E-state index in [0.29, 0.717) is 46.4 Å². The predicted octanol–water partition coefficient (Wildman–Crippen LogP) is 3.63. The van der Waals surface area contributed by atoms with Gasteiger partial charge in [-0.1, -0.05) is 59.0 Å². The molecule has 13 nitrogen and oxygen atoms in total. The Hall–Kier alpha value is -3.62. The van der Waals surface area contributed by atoms with Gasteiger partial charge >= 0.3 is 0 Å². The minimum absolute atomic E-state index is 0.0455. The fourth-order valence-electron chi connectivity index (χ4n) is 7.14. The van der Waals surface area contributed by atoms with E-state index in [4.69, 9.17) is 19.4 Å². The molecule has 0 radical (unpaired) electrons. The van der Waals surface area contributed by atoms with E-state index in [1.165, 1.54) is 42.5 Å². The van der Waals surface area contributed by atoms with Gasteiger partial charge in [-0.05, 0) is 67.5 Å². The zero-order chi connectivity index (χ0) is 37.2. The second-order valence-corrected chi connectivity index (χ2v) is 17.1. The number of carbonyl (C=O) groups excluding carboxylic acids is 3. The number of rotatable bonds is 18. The summed E-state index contributed by atoms with van der Waals surface area (Å²) in [6.45, 7) is 9.20. The maximum Gasteiger partial charge on any atom is 0.250 e. The number of ether oxygens (including phenoxy) is 2. The lowest BCUT2D eigenvalue weighted by molar-refractivity contribution is -0.252. The van der Waals surface area contributed by atoms with Gasteiger partial charge in [0.25, 0.3) is 5.91 Å². The van der Waals surface area contributed by atoms with Crippen molar-refractivity contribution >= 4 is 40.9 Å². The highest BCUT2D eigenvalue weighted by Gasteiger charge is 2.60. The number of aliphatic hydroxyl groups excluding tert-OH is 1. The quantitative estimate of drug-likeness (QED) is 0.0761. The third kappa shape index (κ3) is 9.11. The van der Waals surface area contributed by atoms with Crippen LogP contribution in [0.15, 0.2) is 30.9 Å². The number of unbranched alkanes of at least 4 members (excludes halogenated alkanes) is 2. The summed E-state index contributed by atoms with van der Waals surface area (Å²) in [4.78, 5) is 50.7. The lowest BCUT2D eigenvalue weighted by atomic mass is 9.85. The Bertz CT molecular complexity index is 1650. The lowest BCUT2D eigenvalue weighted by Gasteiger charge is -2.38. The van der Waals surface area contributed by atoms with Gasteiger partial charge in [0.1, 0.15) is 41.4 Å². The number of benzene rings is 1.